The van der Waals surface area contributed by atoms with Crippen LogP contribution in [-0.4, -0.2) is 55.1 Å². The van der Waals surface area contributed by atoms with Crippen molar-refractivity contribution in [3.8, 4) is 0 Å². The summed E-state index contributed by atoms with van der Waals surface area (Å²) in [4.78, 5) is 13.0. The Balaban J connectivity index is 1.63. The molecule has 1 amide bonds. The lowest BCUT2D eigenvalue weighted by molar-refractivity contribution is 0.0730. The monoisotopic (exact) mass is 414 g/mol. The van der Waals surface area contributed by atoms with E-state index in [-0.39, 0.29) is 10.8 Å². The number of anilines is 1. The van der Waals surface area contributed by atoms with Crippen molar-refractivity contribution in [1.29, 1.82) is 0 Å². The number of amides is 1. The zero-order chi connectivity index (χ0) is 20.4. The first kappa shape index (κ1) is 19.6. The van der Waals surface area contributed by atoms with Crippen LogP contribution in [-0.2, 0) is 21.2 Å². The molecule has 152 valence electrons. The highest BCUT2D eigenvalue weighted by Gasteiger charge is 2.29. The number of aryl methyl sites for hydroxylation is 1. The van der Waals surface area contributed by atoms with Crippen LogP contribution in [0.2, 0.25) is 0 Å². The second-order valence-corrected chi connectivity index (χ2v) is 8.73. The average Bonchev–Trinajstić information content (AvgIpc) is 3.21. The molecule has 8 nitrogen and oxygen atoms in total. The number of sulfonamides is 1. The molecule has 0 aliphatic carbocycles. The van der Waals surface area contributed by atoms with Gasteiger partial charge in [-0.05, 0) is 42.3 Å². The molecule has 1 aliphatic heterocycles. The number of ether oxygens (including phenoxy) is 1. The van der Waals surface area contributed by atoms with Crippen LogP contribution in [0, 0.1) is 0 Å². The molecule has 2 heterocycles. The molecule has 2 N–H and O–H groups in total. The number of carbonyl (C=O) groups excluding carboxylic acids is 1. The fraction of sp³-hybridized carbons (Fsp3) is 0.300. The molecule has 3 aromatic rings. The normalized spacial score (nSPS) is 15.5. The number of hydrogen-bond acceptors (Lipinski definition) is 5. The van der Waals surface area contributed by atoms with Crippen LogP contribution in [0.15, 0.2) is 47.5 Å². The van der Waals surface area contributed by atoms with Crippen LogP contribution in [0.1, 0.15) is 22.8 Å². The predicted octanol–water partition coefficient (Wildman–Crippen LogP) is 2.40. The van der Waals surface area contributed by atoms with Crippen molar-refractivity contribution >= 4 is 32.5 Å². The van der Waals surface area contributed by atoms with Crippen LogP contribution in [0.5, 0.6) is 0 Å². The van der Waals surface area contributed by atoms with E-state index in [1.165, 1.54) is 10.4 Å². The van der Waals surface area contributed by atoms with Crippen molar-refractivity contribution in [2.75, 3.05) is 31.6 Å². The van der Waals surface area contributed by atoms with Gasteiger partial charge in [0.15, 0.2) is 0 Å². The largest absolute Gasteiger partial charge is 0.379 e. The Morgan fingerprint density at radius 3 is 2.76 bits per heavy atom. The topological polar surface area (TPSA) is 104 Å². The average molecular weight is 414 g/mol. The van der Waals surface area contributed by atoms with Gasteiger partial charge in [-0.25, -0.2) is 8.42 Å². The zero-order valence-electron chi connectivity index (χ0n) is 16.0. The van der Waals surface area contributed by atoms with Gasteiger partial charge in [0.25, 0.3) is 5.91 Å². The molecule has 2 aromatic carbocycles. The third kappa shape index (κ3) is 3.89. The molecule has 4 rings (SSSR count). The van der Waals surface area contributed by atoms with Crippen LogP contribution in [0.3, 0.4) is 0 Å². The Labute approximate surface area is 168 Å². The Kier molecular flexibility index (Phi) is 5.35. The molecule has 29 heavy (non-hydrogen) atoms. The van der Waals surface area contributed by atoms with E-state index in [1.54, 1.807) is 24.4 Å². The van der Waals surface area contributed by atoms with Gasteiger partial charge >= 0.3 is 0 Å². The molecule has 0 radical (unpaired) electrons. The van der Waals surface area contributed by atoms with E-state index in [0.29, 0.717) is 49.5 Å². The molecule has 0 atom stereocenters. The van der Waals surface area contributed by atoms with Crippen LogP contribution >= 0.6 is 0 Å². The molecular weight excluding hydrogens is 392 g/mol. The molecule has 0 saturated carbocycles. The lowest BCUT2D eigenvalue weighted by Crippen LogP contribution is -2.41. The van der Waals surface area contributed by atoms with E-state index in [9.17, 15) is 13.2 Å². The standard InChI is InChI=1S/C20H22N4O4S/c1-2-14-3-4-15(12-19(14)29(26,27)24-7-9-28-10-8-24)20(25)22-17-5-6-18-16(11-17)13-21-23-18/h3-6,11-13H,2,7-10H2,1H3,(H,21,23)(H,22,25). The van der Waals surface area contributed by atoms with Gasteiger partial charge in [0, 0.05) is 29.7 Å². The first-order valence-electron chi connectivity index (χ1n) is 9.44. The molecule has 1 aliphatic rings. The van der Waals surface area contributed by atoms with Gasteiger partial charge in [0.2, 0.25) is 10.0 Å². The fourth-order valence-corrected chi connectivity index (χ4v) is 5.11. The Morgan fingerprint density at radius 1 is 1.21 bits per heavy atom. The highest BCUT2D eigenvalue weighted by molar-refractivity contribution is 7.89. The number of hydrogen-bond donors (Lipinski definition) is 2. The van der Waals surface area contributed by atoms with E-state index >= 15 is 0 Å². The summed E-state index contributed by atoms with van der Waals surface area (Å²) in [6.07, 6.45) is 2.23. The predicted molar refractivity (Wildman–Crippen MR) is 109 cm³/mol. The number of nitrogens with one attached hydrogen (secondary N) is 2. The number of carbonyl (C=O) groups is 1. The number of benzene rings is 2. The minimum Gasteiger partial charge on any atom is -0.379 e. The maximum absolute atomic E-state index is 13.1. The number of nitrogens with zero attached hydrogens (tertiary/aromatic N) is 2. The number of aromatic nitrogens is 2. The molecule has 1 aromatic heterocycles. The third-order valence-electron chi connectivity index (χ3n) is 5.00. The zero-order valence-corrected chi connectivity index (χ0v) is 16.8. The summed E-state index contributed by atoms with van der Waals surface area (Å²) in [5.74, 6) is -0.367. The Hall–Kier alpha value is -2.75. The Morgan fingerprint density at radius 2 is 2.00 bits per heavy atom. The van der Waals surface area contributed by atoms with Crippen molar-refractivity contribution in [3.05, 3.63) is 53.7 Å². The van der Waals surface area contributed by atoms with E-state index < -0.39 is 10.0 Å². The maximum atomic E-state index is 13.1. The second kappa shape index (κ2) is 7.94. The minimum absolute atomic E-state index is 0.180. The maximum Gasteiger partial charge on any atom is 0.255 e. The van der Waals surface area contributed by atoms with Gasteiger partial charge in [0.1, 0.15) is 0 Å². The van der Waals surface area contributed by atoms with Crippen LogP contribution in [0.25, 0.3) is 10.9 Å². The van der Waals surface area contributed by atoms with E-state index in [2.05, 4.69) is 15.5 Å². The summed E-state index contributed by atoms with van der Waals surface area (Å²) in [5, 5.41) is 10.5. The first-order chi connectivity index (χ1) is 14.0. The smallest absolute Gasteiger partial charge is 0.255 e. The van der Waals surface area contributed by atoms with Crippen LogP contribution < -0.4 is 5.32 Å². The van der Waals surface area contributed by atoms with Crippen molar-refractivity contribution in [3.63, 3.8) is 0 Å². The molecule has 1 saturated heterocycles. The van der Waals surface area contributed by atoms with Crippen molar-refractivity contribution < 1.29 is 17.9 Å². The van der Waals surface area contributed by atoms with Gasteiger partial charge < -0.3 is 10.1 Å². The highest BCUT2D eigenvalue weighted by atomic mass is 32.2. The number of H-pyrrole nitrogens is 1. The summed E-state index contributed by atoms with van der Waals surface area (Å²) in [5.41, 5.74) is 2.46. The van der Waals surface area contributed by atoms with Gasteiger partial charge in [-0.3, -0.25) is 9.89 Å². The SMILES string of the molecule is CCc1ccc(C(=O)Nc2ccc3[nH]ncc3c2)cc1S(=O)(=O)N1CCOCC1. The summed E-state index contributed by atoms with van der Waals surface area (Å²) >= 11 is 0. The van der Waals surface area contributed by atoms with Gasteiger partial charge in [-0.1, -0.05) is 13.0 Å². The van der Waals surface area contributed by atoms with Gasteiger partial charge in [-0.2, -0.15) is 9.40 Å². The first-order valence-corrected chi connectivity index (χ1v) is 10.9. The molecular formula is C20H22N4O4S. The minimum atomic E-state index is -3.69. The molecule has 0 bridgehead atoms. The number of rotatable bonds is 5. The van der Waals surface area contributed by atoms with Gasteiger partial charge in [0.05, 0.1) is 29.8 Å². The quantitative estimate of drug-likeness (QED) is 0.667. The summed E-state index contributed by atoms with van der Waals surface area (Å²) in [7, 11) is -3.69. The summed E-state index contributed by atoms with van der Waals surface area (Å²) < 4.78 is 33.0. The molecule has 1 fully saturated rings. The second-order valence-electron chi connectivity index (χ2n) is 6.82. The fourth-order valence-electron chi connectivity index (χ4n) is 3.38. The number of morpholine rings is 1. The lowest BCUT2D eigenvalue weighted by Gasteiger charge is -2.27. The summed E-state index contributed by atoms with van der Waals surface area (Å²) in [6, 6.07) is 10.2. The van der Waals surface area contributed by atoms with Crippen molar-refractivity contribution in [1.82, 2.24) is 14.5 Å². The number of fused-ring (bicyclic) bond motifs is 1. The van der Waals surface area contributed by atoms with Crippen LogP contribution in [0.4, 0.5) is 5.69 Å². The molecule has 0 spiro atoms. The van der Waals surface area contributed by atoms with E-state index in [4.69, 9.17) is 4.74 Å². The van der Waals surface area contributed by atoms with E-state index in [1.807, 2.05) is 19.1 Å². The lowest BCUT2D eigenvalue weighted by atomic mass is 10.1. The third-order valence-corrected chi connectivity index (χ3v) is 6.98. The molecule has 9 heteroatoms. The highest BCUT2D eigenvalue weighted by Crippen LogP contribution is 2.24. The molecule has 0 unspecified atom stereocenters. The van der Waals surface area contributed by atoms with Crippen molar-refractivity contribution in [2.45, 2.75) is 18.2 Å². The van der Waals surface area contributed by atoms with Gasteiger partial charge in [-0.15, -0.1) is 0 Å². The van der Waals surface area contributed by atoms with E-state index in [0.717, 1.165) is 10.9 Å². The number of aromatic amines is 1. The van der Waals surface area contributed by atoms with Crippen molar-refractivity contribution in [2.24, 2.45) is 0 Å². The summed E-state index contributed by atoms with van der Waals surface area (Å²) in [6.45, 7) is 3.27. The Bertz CT molecular complexity index is 1150.